The van der Waals surface area contributed by atoms with Crippen molar-refractivity contribution in [3.05, 3.63) is 33.9 Å². The van der Waals surface area contributed by atoms with Gasteiger partial charge in [-0.15, -0.1) is 0 Å². The van der Waals surface area contributed by atoms with Crippen LogP contribution in [-0.4, -0.2) is 49.0 Å². The first-order chi connectivity index (χ1) is 12.3. The summed E-state index contributed by atoms with van der Waals surface area (Å²) in [5.74, 6) is -1.34. The molecule has 140 valence electrons. The zero-order chi connectivity index (χ0) is 19.3. The van der Waals surface area contributed by atoms with Gasteiger partial charge in [0.05, 0.1) is 19.1 Å². The third kappa shape index (κ3) is 4.47. The number of rotatable bonds is 7. The smallest absolute Gasteiger partial charge is 0.328 e. The molecule has 26 heavy (non-hydrogen) atoms. The number of nitrogens with one attached hydrogen (secondary N) is 2. The van der Waals surface area contributed by atoms with Crippen LogP contribution in [0.15, 0.2) is 18.2 Å². The van der Waals surface area contributed by atoms with Crippen LogP contribution in [0.1, 0.15) is 18.4 Å². The van der Waals surface area contributed by atoms with E-state index in [1.54, 1.807) is 6.07 Å². The standard InChI is InChI=1S/C16H19N3O7/c1-25-13-5-3-9(8-12(13)19(23)24)7-11(16(22)26-2)18-15(21)10-4-6-14(20)17-10/h3,5,8,10-11H,4,6-7H2,1-2H3,(H,17,20)(H,18,21)/t10-,11+/m1/s1. The molecule has 0 radical (unpaired) electrons. The molecule has 0 aromatic heterocycles. The van der Waals surface area contributed by atoms with Crippen LogP contribution in [0.2, 0.25) is 0 Å². The van der Waals surface area contributed by atoms with Gasteiger partial charge in [-0.2, -0.15) is 0 Å². The quantitative estimate of drug-likeness (QED) is 0.397. The van der Waals surface area contributed by atoms with E-state index in [1.807, 2.05) is 0 Å². The molecule has 1 aliphatic heterocycles. The van der Waals surface area contributed by atoms with Gasteiger partial charge >= 0.3 is 11.7 Å². The van der Waals surface area contributed by atoms with E-state index < -0.39 is 28.9 Å². The number of hydrogen-bond acceptors (Lipinski definition) is 7. The Morgan fingerprint density at radius 1 is 1.42 bits per heavy atom. The van der Waals surface area contributed by atoms with Gasteiger partial charge in [0.1, 0.15) is 12.1 Å². The number of esters is 1. The van der Waals surface area contributed by atoms with Crippen molar-refractivity contribution in [2.75, 3.05) is 14.2 Å². The van der Waals surface area contributed by atoms with Crippen LogP contribution < -0.4 is 15.4 Å². The minimum Gasteiger partial charge on any atom is -0.490 e. The summed E-state index contributed by atoms with van der Waals surface area (Å²) >= 11 is 0. The maximum atomic E-state index is 12.2. The molecule has 0 unspecified atom stereocenters. The summed E-state index contributed by atoms with van der Waals surface area (Å²) in [6.45, 7) is 0. The van der Waals surface area contributed by atoms with E-state index in [9.17, 15) is 24.5 Å². The fraction of sp³-hybridized carbons (Fsp3) is 0.438. The largest absolute Gasteiger partial charge is 0.490 e. The molecule has 10 heteroatoms. The van der Waals surface area contributed by atoms with Crippen molar-refractivity contribution in [1.82, 2.24) is 10.6 Å². The van der Waals surface area contributed by atoms with Gasteiger partial charge in [-0.05, 0) is 18.1 Å². The fourth-order valence-corrected chi connectivity index (χ4v) is 2.66. The van der Waals surface area contributed by atoms with Gasteiger partial charge in [0.25, 0.3) is 0 Å². The summed E-state index contributed by atoms with van der Waals surface area (Å²) in [5.41, 5.74) is 0.201. The minimum absolute atomic E-state index is 0.0100. The summed E-state index contributed by atoms with van der Waals surface area (Å²) in [6, 6.07) is 2.50. The molecule has 0 spiro atoms. The predicted octanol–water partition coefficient (Wildman–Crippen LogP) is 0.0823. The number of amides is 2. The number of nitro benzene ring substituents is 1. The van der Waals surface area contributed by atoms with Gasteiger partial charge in [0.15, 0.2) is 5.75 Å². The average molecular weight is 365 g/mol. The molecule has 10 nitrogen and oxygen atoms in total. The van der Waals surface area contributed by atoms with E-state index in [-0.39, 0.29) is 30.2 Å². The molecule has 2 rings (SSSR count). The number of carbonyl (C=O) groups is 3. The van der Waals surface area contributed by atoms with Gasteiger partial charge < -0.3 is 20.1 Å². The van der Waals surface area contributed by atoms with Crippen molar-refractivity contribution in [1.29, 1.82) is 0 Å². The van der Waals surface area contributed by atoms with Crippen LogP contribution in [0.5, 0.6) is 5.75 Å². The lowest BCUT2D eigenvalue weighted by atomic mass is 10.0. The molecule has 2 amide bonds. The van der Waals surface area contributed by atoms with E-state index in [4.69, 9.17) is 9.47 Å². The van der Waals surface area contributed by atoms with Crippen molar-refractivity contribution >= 4 is 23.5 Å². The number of ether oxygens (including phenoxy) is 2. The van der Waals surface area contributed by atoms with Crippen molar-refractivity contribution < 1.29 is 28.8 Å². The highest BCUT2D eigenvalue weighted by Crippen LogP contribution is 2.28. The first-order valence-corrected chi connectivity index (χ1v) is 7.84. The Balaban J connectivity index is 2.16. The molecule has 1 fully saturated rings. The Morgan fingerprint density at radius 3 is 2.69 bits per heavy atom. The number of nitro groups is 1. The number of carbonyl (C=O) groups excluding carboxylic acids is 3. The zero-order valence-corrected chi connectivity index (χ0v) is 14.3. The second-order valence-corrected chi connectivity index (χ2v) is 5.71. The third-order valence-electron chi connectivity index (χ3n) is 3.99. The minimum atomic E-state index is -1.04. The van der Waals surface area contributed by atoms with Crippen LogP contribution in [0.4, 0.5) is 5.69 Å². The normalized spacial score (nSPS) is 17.2. The topological polar surface area (TPSA) is 137 Å². The Labute approximate surface area is 149 Å². The molecule has 1 aromatic carbocycles. The van der Waals surface area contributed by atoms with E-state index in [0.29, 0.717) is 12.0 Å². The van der Waals surface area contributed by atoms with Crippen LogP contribution >= 0.6 is 0 Å². The summed E-state index contributed by atoms with van der Waals surface area (Å²) in [6.07, 6.45) is 0.572. The van der Waals surface area contributed by atoms with Crippen LogP contribution in [0.25, 0.3) is 0 Å². The third-order valence-corrected chi connectivity index (χ3v) is 3.99. The van der Waals surface area contributed by atoms with E-state index >= 15 is 0 Å². The van der Waals surface area contributed by atoms with Crippen LogP contribution in [0.3, 0.4) is 0 Å². The molecule has 0 bridgehead atoms. The summed E-state index contributed by atoms with van der Waals surface area (Å²) < 4.78 is 9.63. The lowest BCUT2D eigenvalue weighted by Crippen LogP contribution is -2.50. The molecule has 1 aliphatic rings. The average Bonchev–Trinajstić information content (AvgIpc) is 3.06. The Hall–Kier alpha value is -3.17. The van der Waals surface area contributed by atoms with Crippen molar-refractivity contribution in [3.8, 4) is 5.75 Å². The molecular formula is C16H19N3O7. The highest BCUT2D eigenvalue weighted by Gasteiger charge is 2.31. The summed E-state index contributed by atoms with van der Waals surface area (Å²) in [7, 11) is 2.49. The summed E-state index contributed by atoms with van der Waals surface area (Å²) in [5, 5.41) is 16.2. The number of hydrogen-bond donors (Lipinski definition) is 2. The number of benzene rings is 1. The van der Waals surface area contributed by atoms with Gasteiger partial charge in [0.2, 0.25) is 11.8 Å². The zero-order valence-electron chi connectivity index (χ0n) is 14.3. The first kappa shape index (κ1) is 19.2. The van der Waals surface area contributed by atoms with E-state index in [2.05, 4.69) is 10.6 Å². The van der Waals surface area contributed by atoms with Crippen molar-refractivity contribution in [2.45, 2.75) is 31.3 Å². The van der Waals surface area contributed by atoms with Gasteiger partial charge in [-0.3, -0.25) is 19.7 Å². The fourth-order valence-electron chi connectivity index (χ4n) is 2.66. The Kier molecular flexibility index (Phi) is 6.10. The lowest BCUT2D eigenvalue weighted by Gasteiger charge is -2.19. The number of nitrogens with zero attached hydrogens (tertiary/aromatic N) is 1. The van der Waals surface area contributed by atoms with Gasteiger partial charge in [-0.1, -0.05) is 6.07 Å². The van der Waals surface area contributed by atoms with Gasteiger partial charge in [-0.25, -0.2) is 4.79 Å². The highest BCUT2D eigenvalue weighted by atomic mass is 16.6. The monoisotopic (exact) mass is 365 g/mol. The van der Waals surface area contributed by atoms with E-state index in [0.717, 1.165) is 0 Å². The molecule has 2 atom stereocenters. The SMILES string of the molecule is COC(=O)[C@H](Cc1ccc(OC)c([N+](=O)[O-])c1)NC(=O)[C@H]1CCC(=O)N1. The molecule has 0 aliphatic carbocycles. The molecule has 1 heterocycles. The molecule has 1 aromatic rings. The molecule has 1 saturated heterocycles. The van der Waals surface area contributed by atoms with Crippen molar-refractivity contribution in [3.63, 3.8) is 0 Å². The lowest BCUT2D eigenvalue weighted by molar-refractivity contribution is -0.385. The molecular weight excluding hydrogens is 346 g/mol. The molecule has 0 saturated carbocycles. The Morgan fingerprint density at radius 2 is 2.15 bits per heavy atom. The van der Waals surface area contributed by atoms with E-state index in [1.165, 1.54) is 26.4 Å². The van der Waals surface area contributed by atoms with Crippen molar-refractivity contribution in [2.24, 2.45) is 0 Å². The predicted molar refractivity (Wildman–Crippen MR) is 88.5 cm³/mol. The maximum Gasteiger partial charge on any atom is 0.328 e. The Bertz CT molecular complexity index is 735. The summed E-state index contributed by atoms with van der Waals surface area (Å²) in [4.78, 5) is 46.0. The molecule has 2 N–H and O–H groups in total. The second-order valence-electron chi connectivity index (χ2n) is 5.71. The number of methoxy groups -OCH3 is 2. The van der Waals surface area contributed by atoms with Crippen LogP contribution in [-0.2, 0) is 25.5 Å². The first-order valence-electron chi connectivity index (χ1n) is 7.84. The maximum absolute atomic E-state index is 12.2. The highest BCUT2D eigenvalue weighted by molar-refractivity contribution is 5.93. The van der Waals surface area contributed by atoms with Gasteiger partial charge in [0, 0.05) is 18.9 Å². The van der Waals surface area contributed by atoms with Crippen LogP contribution in [0, 0.1) is 10.1 Å². The second kappa shape index (κ2) is 8.28.